The minimum Gasteiger partial charge on any atom is -0.476 e. The third-order valence-electron chi connectivity index (χ3n) is 1.80. The second-order valence-corrected chi connectivity index (χ2v) is 3.83. The Labute approximate surface area is 93.0 Å². The van der Waals surface area contributed by atoms with Gasteiger partial charge in [-0.15, -0.1) is 0 Å². The molecule has 0 aliphatic rings. The summed E-state index contributed by atoms with van der Waals surface area (Å²) in [5.74, 6) is 0.684. The lowest BCUT2D eigenvalue weighted by molar-refractivity contribution is 0.303. The zero-order chi connectivity index (χ0) is 10.4. The third kappa shape index (κ3) is 3.64. The highest BCUT2D eigenvalue weighted by molar-refractivity contribution is 9.10. The Kier molecular flexibility index (Phi) is 4.90. The molecule has 0 aromatic carbocycles. The maximum Gasteiger partial charge on any atom is 0.213 e. The Bertz CT molecular complexity index is 291. The van der Waals surface area contributed by atoms with E-state index in [1.807, 2.05) is 13.0 Å². The van der Waals surface area contributed by atoms with E-state index in [2.05, 4.69) is 33.2 Å². The van der Waals surface area contributed by atoms with Crippen molar-refractivity contribution >= 4 is 15.9 Å². The molecule has 1 heterocycles. The normalized spacial score (nSPS) is 10.2. The molecule has 3 nitrogen and oxygen atoms in total. The zero-order valence-corrected chi connectivity index (χ0v) is 10.1. The minimum absolute atomic E-state index is 0.655. The van der Waals surface area contributed by atoms with Crippen LogP contribution >= 0.6 is 15.9 Å². The molecule has 1 rings (SSSR count). The lowest BCUT2D eigenvalue weighted by Crippen LogP contribution is -2.20. The van der Waals surface area contributed by atoms with Crippen molar-refractivity contribution in [2.75, 3.05) is 19.7 Å². The maximum atomic E-state index is 5.45. The number of ether oxygens (including phenoxy) is 1. The predicted molar refractivity (Wildman–Crippen MR) is 60.7 cm³/mol. The molecule has 0 saturated carbocycles. The van der Waals surface area contributed by atoms with Crippen LogP contribution in [0.1, 0.15) is 12.5 Å². The van der Waals surface area contributed by atoms with Crippen LogP contribution in [0.25, 0.3) is 0 Å². The van der Waals surface area contributed by atoms with E-state index in [1.165, 1.54) is 0 Å². The molecule has 0 aliphatic heterocycles. The molecule has 0 amide bonds. The van der Waals surface area contributed by atoms with Gasteiger partial charge < -0.3 is 10.1 Å². The summed E-state index contributed by atoms with van der Waals surface area (Å²) in [6.07, 6.45) is 1.76. The van der Waals surface area contributed by atoms with Crippen molar-refractivity contribution in [1.82, 2.24) is 10.3 Å². The van der Waals surface area contributed by atoms with Gasteiger partial charge in [-0.05, 0) is 35.0 Å². The van der Waals surface area contributed by atoms with E-state index in [-0.39, 0.29) is 0 Å². The molecule has 0 atom stereocenters. The lowest BCUT2D eigenvalue weighted by atomic mass is 10.3. The number of nitrogens with zero attached hydrogens (tertiary/aromatic N) is 1. The van der Waals surface area contributed by atoms with Gasteiger partial charge in [-0.3, -0.25) is 0 Å². The molecule has 0 saturated heterocycles. The fourth-order valence-corrected chi connectivity index (χ4v) is 1.21. The van der Waals surface area contributed by atoms with Crippen molar-refractivity contribution in [2.45, 2.75) is 13.8 Å². The minimum atomic E-state index is 0.655. The fourth-order valence-electron chi connectivity index (χ4n) is 0.997. The van der Waals surface area contributed by atoms with Gasteiger partial charge in [0.2, 0.25) is 5.88 Å². The quantitative estimate of drug-likeness (QED) is 0.822. The SMILES string of the molecule is CCNCCOc1cc(C)c(Br)cn1. The number of nitrogens with one attached hydrogen (secondary N) is 1. The number of halogens is 1. The van der Waals surface area contributed by atoms with Gasteiger partial charge in [0.25, 0.3) is 0 Å². The third-order valence-corrected chi connectivity index (χ3v) is 2.63. The zero-order valence-electron chi connectivity index (χ0n) is 8.51. The van der Waals surface area contributed by atoms with Crippen molar-refractivity contribution in [3.63, 3.8) is 0 Å². The van der Waals surface area contributed by atoms with Crippen molar-refractivity contribution in [3.8, 4) is 5.88 Å². The Morgan fingerprint density at radius 1 is 1.57 bits per heavy atom. The summed E-state index contributed by atoms with van der Waals surface area (Å²) in [6.45, 7) is 6.57. The first-order valence-corrected chi connectivity index (χ1v) is 5.49. The topological polar surface area (TPSA) is 34.1 Å². The van der Waals surface area contributed by atoms with E-state index in [0.29, 0.717) is 12.5 Å². The van der Waals surface area contributed by atoms with Gasteiger partial charge in [0.15, 0.2) is 0 Å². The number of aromatic nitrogens is 1. The summed E-state index contributed by atoms with van der Waals surface area (Å²) in [7, 11) is 0. The molecule has 0 radical (unpaired) electrons. The summed E-state index contributed by atoms with van der Waals surface area (Å²) >= 11 is 3.39. The molecule has 0 unspecified atom stereocenters. The molecule has 1 aromatic rings. The highest BCUT2D eigenvalue weighted by Crippen LogP contribution is 2.18. The van der Waals surface area contributed by atoms with Gasteiger partial charge in [0.05, 0.1) is 0 Å². The fraction of sp³-hybridized carbons (Fsp3) is 0.500. The highest BCUT2D eigenvalue weighted by Gasteiger charge is 1.98. The van der Waals surface area contributed by atoms with E-state index in [1.54, 1.807) is 6.20 Å². The summed E-state index contributed by atoms with van der Waals surface area (Å²) in [5.41, 5.74) is 1.14. The molecule has 4 heteroatoms. The molecule has 1 aromatic heterocycles. The number of hydrogen-bond donors (Lipinski definition) is 1. The monoisotopic (exact) mass is 258 g/mol. The van der Waals surface area contributed by atoms with Crippen LogP contribution in [-0.2, 0) is 0 Å². The molecule has 0 bridgehead atoms. The second-order valence-electron chi connectivity index (χ2n) is 2.97. The molecule has 0 aliphatic carbocycles. The Morgan fingerprint density at radius 2 is 2.36 bits per heavy atom. The first-order valence-electron chi connectivity index (χ1n) is 4.69. The first-order chi connectivity index (χ1) is 6.74. The molecule has 0 spiro atoms. The van der Waals surface area contributed by atoms with Crippen LogP contribution in [0.4, 0.5) is 0 Å². The molecule has 1 N–H and O–H groups in total. The average molecular weight is 259 g/mol. The largest absolute Gasteiger partial charge is 0.476 e. The van der Waals surface area contributed by atoms with Crippen LogP contribution in [0.3, 0.4) is 0 Å². The standard InChI is InChI=1S/C10H15BrN2O/c1-3-12-4-5-14-10-6-8(2)9(11)7-13-10/h6-7,12H,3-5H2,1-2H3. The molecular weight excluding hydrogens is 244 g/mol. The Balaban J connectivity index is 2.39. The second kappa shape index (κ2) is 5.98. The van der Waals surface area contributed by atoms with Gasteiger partial charge >= 0.3 is 0 Å². The van der Waals surface area contributed by atoms with Crippen LogP contribution in [0.2, 0.25) is 0 Å². The van der Waals surface area contributed by atoms with E-state index < -0.39 is 0 Å². The molecular formula is C10H15BrN2O. The molecule has 78 valence electrons. The summed E-state index contributed by atoms with van der Waals surface area (Å²) in [6, 6.07) is 1.93. The molecule has 14 heavy (non-hydrogen) atoms. The predicted octanol–water partition coefficient (Wildman–Crippen LogP) is 2.14. The van der Waals surface area contributed by atoms with Crippen molar-refractivity contribution in [1.29, 1.82) is 0 Å². The van der Waals surface area contributed by atoms with Crippen LogP contribution in [0.5, 0.6) is 5.88 Å². The highest BCUT2D eigenvalue weighted by atomic mass is 79.9. The van der Waals surface area contributed by atoms with E-state index in [9.17, 15) is 0 Å². The maximum absolute atomic E-state index is 5.45. The van der Waals surface area contributed by atoms with Crippen LogP contribution < -0.4 is 10.1 Å². The summed E-state index contributed by atoms with van der Waals surface area (Å²) in [5, 5.41) is 3.18. The number of rotatable bonds is 5. The first kappa shape index (κ1) is 11.5. The van der Waals surface area contributed by atoms with E-state index >= 15 is 0 Å². The Morgan fingerprint density at radius 3 is 3.00 bits per heavy atom. The number of likely N-dealkylation sites (N-methyl/N-ethyl adjacent to an activating group) is 1. The number of pyridine rings is 1. The van der Waals surface area contributed by atoms with Gasteiger partial charge in [0, 0.05) is 23.3 Å². The van der Waals surface area contributed by atoms with Crippen LogP contribution in [0.15, 0.2) is 16.7 Å². The van der Waals surface area contributed by atoms with Gasteiger partial charge in [-0.2, -0.15) is 0 Å². The van der Waals surface area contributed by atoms with E-state index in [4.69, 9.17) is 4.74 Å². The van der Waals surface area contributed by atoms with Crippen molar-refractivity contribution < 1.29 is 4.74 Å². The van der Waals surface area contributed by atoms with Crippen LogP contribution in [0, 0.1) is 6.92 Å². The number of hydrogen-bond acceptors (Lipinski definition) is 3. The van der Waals surface area contributed by atoms with E-state index in [0.717, 1.165) is 23.1 Å². The van der Waals surface area contributed by atoms with Crippen LogP contribution in [-0.4, -0.2) is 24.7 Å². The van der Waals surface area contributed by atoms with Gasteiger partial charge in [-0.1, -0.05) is 6.92 Å². The van der Waals surface area contributed by atoms with Gasteiger partial charge in [-0.25, -0.2) is 4.98 Å². The molecule has 0 fully saturated rings. The Hall–Kier alpha value is -0.610. The summed E-state index contributed by atoms with van der Waals surface area (Å²) < 4.78 is 6.46. The number of aryl methyl sites for hydroxylation is 1. The lowest BCUT2D eigenvalue weighted by Gasteiger charge is -2.06. The van der Waals surface area contributed by atoms with Crippen molar-refractivity contribution in [3.05, 3.63) is 22.3 Å². The van der Waals surface area contributed by atoms with Crippen molar-refractivity contribution in [2.24, 2.45) is 0 Å². The summed E-state index contributed by atoms with van der Waals surface area (Å²) in [4.78, 5) is 4.14. The average Bonchev–Trinajstić information content (AvgIpc) is 2.18. The van der Waals surface area contributed by atoms with Gasteiger partial charge in [0.1, 0.15) is 6.61 Å². The smallest absolute Gasteiger partial charge is 0.213 e.